The number of thioether (sulfide) groups is 1. The number of hydrogen-bond acceptors (Lipinski definition) is 7. The van der Waals surface area contributed by atoms with Gasteiger partial charge in [0.05, 0.1) is 19.8 Å². The number of benzene rings is 1. The zero-order chi connectivity index (χ0) is 20.8. The van der Waals surface area contributed by atoms with Gasteiger partial charge in [0.1, 0.15) is 5.75 Å². The summed E-state index contributed by atoms with van der Waals surface area (Å²) in [6.45, 7) is 10.4. The first-order valence-corrected chi connectivity index (χ1v) is 10.3. The second-order valence-electron chi connectivity index (χ2n) is 7.13. The molecule has 0 spiro atoms. The van der Waals surface area contributed by atoms with Crippen molar-refractivity contribution in [2.45, 2.75) is 45.3 Å². The summed E-state index contributed by atoms with van der Waals surface area (Å²) in [5, 5.41) is 15.1. The van der Waals surface area contributed by atoms with E-state index in [1.165, 1.54) is 38.1 Å². The van der Waals surface area contributed by atoms with Crippen LogP contribution in [0.1, 0.15) is 38.1 Å². The van der Waals surface area contributed by atoms with Crippen molar-refractivity contribution in [2.75, 3.05) is 27.3 Å². The van der Waals surface area contributed by atoms with E-state index in [0.29, 0.717) is 23.6 Å². The maximum Gasteiger partial charge on any atom is 0.257 e. The molecule has 156 valence electrons. The predicted molar refractivity (Wildman–Crippen MR) is 113 cm³/mol. The molecule has 7 nitrogen and oxygen atoms in total. The molecule has 0 bridgehead atoms. The molecule has 1 unspecified atom stereocenters. The zero-order valence-electron chi connectivity index (χ0n) is 17.4. The smallest absolute Gasteiger partial charge is 0.257 e. The van der Waals surface area contributed by atoms with Crippen LogP contribution in [0.3, 0.4) is 0 Å². The summed E-state index contributed by atoms with van der Waals surface area (Å²) in [6, 6.07) is 3.78. The number of methoxy groups -OCH3 is 2. The van der Waals surface area contributed by atoms with Gasteiger partial charge in [-0.25, -0.2) is 0 Å². The van der Waals surface area contributed by atoms with Crippen LogP contribution >= 0.6 is 11.8 Å². The van der Waals surface area contributed by atoms with Crippen molar-refractivity contribution < 1.29 is 19.4 Å². The van der Waals surface area contributed by atoms with Gasteiger partial charge in [-0.3, -0.25) is 9.69 Å². The standard InChI is InChI=1S/C20H31N3O4S/c1-13(2)23(14(3)4)8-7-22-9-10-28-20(22)21-19(25)15-11-17(26-5)18(27-6)12-16(15)24/h9-14,20,24H,7-8H2,1-6H3,(H,21,25). The minimum atomic E-state index is -0.366. The lowest BCUT2D eigenvalue weighted by Crippen LogP contribution is -2.46. The van der Waals surface area contributed by atoms with Gasteiger partial charge in [0.15, 0.2) is 17.0 Å². The van der Waals surface area contributed by atoms with Crippen molar-refractivity contribution in [3.63, 3.8) is 0 Å². The lowest BCUT2D eigenvalue weighted by molar-refractivity contribution is 0.0913. The molecule has 0 aromatic heterocycles. The van der Waals surface area contributed by atoms with Gasteiger partial charge < -0.3 is 24.8 Å². The maximum absolute atomic E-state index is 12.7. The summed E-state index contributed by atoms with van der Waals surface area (Å²) < 4.78 is 10.4. The van der Waals surface area contributed by atoms with E-state index in [4.69, 9.17) is 9.47 Å². The second-order valence-corrected chi connectivity index (χ2v) is 8.13. The van der Waals surface area contributed by atoms with E-state index in [9.17, 15) is 9.90 Å². The lowest BCUT2D eigenvalue weighted by Gasteiger charge is -2.33. The van der Waals surface area contributed by atoms with Crippen LogP contribution in [-0.4, -0.2) is 65.7 Å². The Morgan fingerprint density at radius 2 is 1.82 bits per heavy atom. The maximum atomic E-state index is 12.7. The first-order chi connectivity index (χ1) is 13.3. The summed E-state index contributed by atoms with van der Waals surface area (Å²) in [5.74, 6) is 0.249. The Balaban J connectivity index is 2.05. The lowest BCUT2D eigenvalue weighted by atomic mass is 10.1. The average Bonchev–Trinajstić information content (AvgIpc) is 3.07. The molecule has 8 heteroatoms. The fraction of sp³-hybridized carbons (Fsp3) is 0.550. The summed E-state index contributed by atoms with van der Waals surface area (Å²) in [4.78, 5) is 17.3. The first kappa shape index (κ1) is 22.2. The van der Waals surface area contributed by atoms with Crippen molar-refractivity contribution in [2.24, 2.45) is 0 Å². The normalized spacial score (nSPS) is 16.3. The Hall–Kier alpha value is -2.06. The quantitative estimate of drug-likeness (QED) is 0.649. The Morgan fingerprint density at radius 1 is 1.21 bits per heavy atom. The third-order valence-corrected chi connectivity index (χ3v) is 5.63. The highest BCUT2D eigenvalue weighted by Crippen LogP contribution is 2.34. The minimum Gasteiger partial charge on any atom is -0.507 e. The number of phenols is 1. The molecule has 1 aromatic rings. The summed E-state index contributed by atoms with van der Waals surface area (Å²) in [6.07, 6.45) is 1.99. The number of rotatable bonds is 9. The summed E-state index contributed by atoms with van der Waals surface area (Å²) in [5.41, 5.74) is -0.0720. The highest BCUT2D eigenvalue weighted by molar-refractivity contribution is 8.02. The van der Waals surface area contributed by atoms with E-state index in [0.717, 1.165) is 13.1 Å². The number of phenolic OH excluding ortho intramolecular Hbond substituents is 1. The highest BCUT2D eigenvalue weighted by Gasteiger charge is 2.25. The van der Waals surface area contributed by atoms with Crippen LogP contribution in [0.5, 0.6) is 17.2 Å². The number of nitrogens with zero attached hydrogens (tertiary/aromatic N) is 2. The molecule has 1 heterocycles. The van der Waals surface area contributed by atoms with Crippen molar-refractivity contribution >= 4 is 17.7 Å². The molecule has 2 N–H and O–H groups in total. The molecule has 1 aromatic carbocycles. The fourth-order valence-corrected chi connectivity index (χ4v) is 4.12. The first-order valence-electron chi connectivity index (χ1n) is 9.38. The number of ether oxygens (including phenoxy) is 2. The van der Waals surface area contributed by atoms with Crippen molar-refractivity contribution in [3.8, 4) is 17.2 Å². The Morgan fingerprint density at radius 3 is 2.39 bits per heavy atom. The van der Waals surface area contributed by atoms with E-state index in [-0.39, 0.29) is 22.7 Å². The molecule has 0 radical (unpaired) electrons. The minimum absolute atomic E-state index is 0.149. The topological polar surface area (TPSA) is 74.3 Å². The van der Waals surface area contributed by atoms with Gasteiger partial charge in [0.2, 0.25) is 0 Å². The molecule has 0 saturated carbocycles. The molecule has 2 rings (SSSR count). The van der Waals surface area contributed by atoms with E-state index in [1.54, 1.807) is 0 Å². The second kappa shape index (κ2) is 9.93. The molecular weight excluding hydrogens is 378 g/mol. The molecule has 0 saturated heterocycles. The summed E-state index contributed by atoms with van der Waals surface area (Å²) in [7, 11) is 2.97. The molecule has 0 aliphatic carbocycles. The van der Waals surface area contributed by atoms with Crippen LogP contribution < -0.4 is 14.8 Å². The molecule has 0 fully saturated rings. The van der Waals surface area contributed by atoms with Gasteiger partial charge in [-0.1, -0.05) is 11.8 Å². The number of amides is 1. The van der Waals surface area contributed by atoms with E-state index in [1.807, 2.05) is 11.6 Å². The van der Waals surface area contributed by atoms with Gasteiger partial charge in [-0.15, -0.1) is 0 Å². The molecule has 1 aliphatic heterocycles. The van der Waals surface area contributed by atoms with Gasteiger partial charge in [-0.05, 0) is 33.1 Å². The van der Waals surface area contributed by atoms with Crippen molar-refractivity contribution in [1.82, 2.24) is 15.1 Å². The van der Waals surface area contributed by atoms with E-state index in [2.05, 4.69) is 42.8 Å². The molecule has 1 amide bonds. The highest BCUT2D eigenvalue weighted by atomic mass is 32.2. The van der Waals surface area contributed by atoms with Crippen LogP contribution in [0, 0.1) is 0 Å². The third-order valence-electron chi connectivity index (χ3n) is 4.71. The number of carbonyl (C=O) groups is 1. The number of aromatic hydroxyl groups is 1. The van der Waals surface area contributed by atoms with Crippen molar-refractivity contribution in [3.05, 3.63) is 29.3 Å². The molecule has 28 heavy (non-hydrogen) atoms. The molecular formula is C20H31N3O4S. The van der Waals surface area contributed by atoms with Gasteiger partial charge in [-0.2, -0.15) is 0 Å². The Bertz CT molecular complexity index is 701. The van der Waals surface area contributed by atoms with Crippen molar-refractivity contribution in [1.29, 1.82) is 0 Å². The van der Waals surface area contributed by atoms with E-state index >= 15 is 0 Å². The van der Waals surface area contributed by atoms with Gasteiger partial charge >= 0.3 is 0 Å². The van der Waals surface area contributed by atoms with Crippen LogP contribution in [0.4, 0.5) is 0 Å². The monoisotopic (exact) mass is 409 g/mol. The largest absolute Gasteiger partial charge is 0.507 e. The third kappa shape index (κ3) is 5.26. The SMILES string of the molecule is COc1cc(O)c(C(=O)NC2SC=CN2CCN(C(C)C)C(C)C)cc1OC. The molecule has 1 aliphatic rings. The van der Waals surface area contributed by atoms with Crippen LogP contribution in [0.15, 0.2) is 23.7 Å². The fourth-order valence-electron chi connectivity index (χ4n) is 3.24. The Kier molecular flexibility index (Phi) is 7.88. The number of hydrogen-bond donors (Lipinski definition) is 2. The molecule has 1 atom stereocenters. The van der Waals surface area contributed by atoms with Crippen LogP contribution in [0.25, 0.3) is 0 Å². The summed E-state index contributed by atoms with van der Waals surface area (Å²) >= 11 is 1.52. The number of nitrogens with one attached hydrogen (secondary N) is 1. The predicted octanol–water partition coefficient (Wildman–Crippen LogP) is 3.06. The Labute approximate surface area is 171 Å². The van der Waals surface area contributed by atoms with Crippen LogP contribution in [0.2, 0.25) is 0 Å². The van der Waals surface area contributed by atoms with Gasteiger partial charge in [0, 0.05) is 43.5 Å². The van der Waals surface area contributed by atoms with Crippen LogP contribution in [-0.2, 0) is 0 Å². The van der Waals surface area contributed by atoms with E-state index < -0.39 is 0 Å². The zero-order valence-corrected chi connectivity index (χ0v) is 18.2. The van der Waals surface area contributed by atoms with Gasteiger partial charge in [0.25, 0.3) is 5.91 Å². The average molecular weight is 410 g/mol. The number of carbonyl (C=O) groups excluding carboxylic acids is 1.